The predicted molar refractivity (Wildman–Crippen MR) is 74.2 cm³/mol. The van der Waals surface area contributed by atoms with Gasteiger partial charge in [-0.2, -0.15) is 0 Å². The summed E-state index contributed by atoms with van der Waals surface area (Å²) in [6, 6.07) is 4.36. The van der Waals surface area contributed by atoms with Gasteiger partial charge < -0.3 is 5.11 Å². The molecule has 9 heteroatoms. The van der Waals surface area contributed by atoms with E-state index in [2.05, 4.69) is 4.72 Å². The van der Waals surface area contributed by atoms with E-state index in [9.17, 15) is 23.3 Å². The van der Waals surface area contributed by atoms with Crippen LogP contribution in [0.1, 0.15) is 13.8 Å². The predicted octanol–water partition coefficient (Wildman–Crippen LogP) is 1.23. The van der Waals surface area contributed by atoms with Gasteiger partial charge in [0, 0.05) is 18.7 Å². The summed E-state index contributed by atoms with van der Waals surface area (Å²) in [5.41, 5.74) is -0.223. The molecule has 0 aliphatic rings. The summed E-state index contributed by atoms with van der Waals surface area (Å²) < 4.78 is 26.2. The molecule has 1 atom stereocenters. The number of aliphatic carboxylic acids is 1. The van der Waals surface area contributed by atoms with Crippen LogP contribution in [0, 0.1) is 22.0 Å². The number of carboxylic acid groups (broad SMARTS) is 1. The number of sulfonamides is 1. The second-order valence-corrected chi connectivity index (χ2v) is 6.56. The summed E-state index contributed by atoms with van der Waals surface area (Å²) in [7, 11) is -3.90. The highest BCUT2D eigenvalue weighted by atomic mass is 32.2. The van der Waals surface area contributed by atoms with Crippen molar-refractivity contribution in [1.82, 2.24) is 4.72 Å². The second-order valence-electron chi connectivity index (χ2n) is 4.79. The van der Waals surface area contributed by atoms with Crippen molar-refractivity contribution < 1.29 is 23.2 Å². The number of benzene rings is 1. The minimum absolute atomic E-state index is 0.152. The molecule has 0 aromatic heterocycles. The van der Waals surface area contributed by atoms with E-state index in [0.29, 0.717) is 0 Å². The lowest BCUT2D eigenvalue weighted by Crippen LogP contribution is -2.35. The molecule has 0 aliphatic carbocycles. The molecule has 8 nitrogen and oxygen atoms in total. The molecule has 0 saturated heterocycles. The highest BCUT2D eigenvalue weighted by Gasteiger charge is 2.24. The molecule has 1 aromatic carbocycles. The topological polar surface area (TPSA) is 127 Å². The van der Waals surface area contributed by atoms with Gasteiger partial charge in [0.15, 0.2) is 0 Å². The molecule has 21 heavy (non-hydrogen) atoms. The number of nitrogens with one attached hydrogen (secondary N) is 1. The van der Waals surface area contributed by atoms with Crippen LogP contribution in [-0.4, -0.2) is 31.0 Å². The Kier molecular flexibility index (Phi) is 5.39. The Labute approximate surface area is 122 Å². The van der Waals surface area contributed by atoms with Gasteiger partial charge in [0.25, 0.3) is 5.69 Å². The summed E-state index contributed by atoms with van der Waals surface area (Å²) >= 11 is 0. The number of nitro benzene ring substituents is 1. The number of nitro groups is 1. The van der Waals surface area contributed by atoms with Crippen molar-refractivity contribution in [2.75, 3.05) is 6.54 Å². The quantitative estimate of drug-likeness (QED) is 0.575. The lowest BCUT2D eigenvalue weighted by molar-refractivity contribution is -0.384. The maximum Gasteiger partial charge on any atom is 0.308 e. The summed E-state index contributed by atoms with van der Waals surface area (Å²) in [4.78, 5) is 20.7. The van der Waals surface area contributed by atoms with Gasteiger partial charge in [-0.25, -0.2) is 13.1 Å². The Morgan fingerprint density at radius 3 is 2.24 bits per heavy atom. The Bertz CT molecular complexity index is 624. The Hall–Kier alpha value is -2.00. The molecule has 2 N–H and O–H groups in total. The van der Waals surface area contributed by atoms with Crippen molar-refractivity contribution in [3.8, 4) is 0 Å². The van der Waals surface area contributed by atoms with Crippen LogP contribution < -0.4 is 4.72 Å². The van der Waals surface area contributed by atoms with Crippen molar-refractivity contribution in [2.45, 2.75) is 18.7 Å². The molecule has 1 unspecified atom stereocenters. The summed E-state index contributed by atoms with van der Waals surface area (Å²) in [5.74, 6) is -2.17. The second kappa shape index (κ2) is 6.64. The third kappa shape index (κ3) is 4.50. The van der Waals surface area contributed by atoms with Gasteiger partial charge in [0.1, 0.15) is 0 Å². The number of nitrogens with zero attached hydrogens (tertiary/aromatic N) is 1. The zero-order valence-corrected chi connectivity index (χ0v) is 12.3. The van der Waals surface area contributed by atoms with Crippen molar-refractivity contribution in [3.63, 3.8) is 0 Å². The number of rotatable bonds is 7. The fraction of sp³-hybridized carbons (Fsp3) is 0.417. The van der Waals surface area contributed by atoms with Gasteiger partial charge in [-0.3, -0.25) is 14.9 Å². The maximum atomic E-state index is 12.0. The van der Waals surface area contributed by atoms with Gasteiger partial charge >= 0.3 is 5.97 Å². The lowest BCUT2D eigenvalue weighted by Gasteiger charge is -2.16. The van der Waals surface area contributed by atoms with Crippen LogP contribution in [-0.2, 0) is 14.8 Å². The van der Waals surface area contributed by atoms with Crippen molar-refractivity contribution in [3.05, 3.63) is 34.4 Å². The Morgan fingerprint density at radius 1 is 1.33 bits per heavy atom. The van der Waals surface area contributed by atoms with Crippen LogP contribution in [0.2, 0.25) is 0 Å². The number of non-ortho nitro benzene ring substituents is 1. The largest absolute Gasteiger partial charge is 0.481 e. The van der Waals surface area contributed by atoms with Gasteiger partial charge in [-0.15, -0.1) is 0 Å². The number of hydrogen-bond acceptors (Lipinski definition) is 5. The molecule has 0 amide bonds. The van der Waals surface area contributed by atoms with Gasteiger partial charge in [-0.1, -0.05) is 13.8 Å². The molecule has 0 fully saturated rings. The first kappa shape index (κ1) is 17.1. The molecule has 0 heterocycles. The first-order chi connectivity index (χ1) is 9.65. The molecular weight excluding hydrogens is 300 g/mol. The minimum Gasteiger partial charge on any atom is -0.481 e. The smallest absolute Gasteiger partial charge is 0.308 e. The monoisotopic (exact) mass is 316 g/mol. The molecule has 0 spiro atoms. The lowest BCUT2D eigenvalue weighted by atomic mass is 9.97. The number of carboxylic acids is 1. The standard InChI is InChI=1S/C12H16N2O6S/c1-8(2)11(12(15)16)7-13-21(19,20)10-5-3-9(4-6-10)14(17)18/h3-6,8,11,13H,7H2,1-2H3,(H,15,16). The van der Waals surface area contributed by atoms with E-state index in [1.165, 1.54) is 0 Å². The van der Waals surface area contributed by atoms with Crippen molar-refractivity contribution in [2.24, 2.45) is 11.8 Å². The van der Waals surface area contributed by atoms with E-state index in [1.807, 2.05) is 0 Å². The fourth-order valence-electron chi connectivity index (χ4n) is 1.64. The Balaban J connectivity index is 2.86. The van der Waals surface area contributed by atoms with E-state index in [0.717, 1.165) is 24.3 Å². The molecule has 0 saturated carbocycles. The molecule has 116 valence electrons. The molecule has 0 bridgehead atoms. The third-order valence-corrected chi connectivity index (χ3v) is 4.41. The average molecular weight is 316 g/mol. The molecule has 1 aromatic rings. The summed E-state index contributed by atoms with van der Waals surface area (Å²) in [5, 5.41) is 19.5. The highest BCUT2D eigenvalue weighted by molar-refractivity contribution is 7.89. The number of carbonyl (C=O) groups is 1. The van der Waals surface area contributed by atoms with Crippen LogP contribution in [0.25, 0.3) is 0 Å². The van der Waals surface area contributed by atoms with E-state index in [4.69, 9.17) is 5.11 Å². The molecular formula is C12H16N2O6S. The molecule has 0 radical (unpaired) electrons. The number of hydrogen-bond donors (Lipinski definition) is 2. The van der Waals surface area contributed by atoms with Gasteiger partial charge in [0.2, 0.25) is 10.0 Å². The zero-order chi connectivity index (χ0) is 16.2. The van der Waals surface area contributed by atoms with Crippen LogP contribution >= 0.6 is 0 Å². The van der Waals surface area contributed by atoms with Crippen LogP contribution in [0.4, 0.5) is 5.69 Å². The average Bonchev–Trinajstić information content (AvgIpc) is 2.38. The highest BCUT2D eigenvalue weighted by Crippen LogP contribution is 2.16. The summed E-state index contributed by atoms with van der Waals surface area (Å²) in [6.07, 6.45) is 0. The fourth-order valence-corrected chi connectivity index (χ4v) is 2.70. The van der Waals surface area contributed by atoms with E-state index >= 15 is 0 Å². The van der Waals surface area contributed by atoms with E-state index in [1.54, 1.807) is 13.8 Å². The van der Waals surface area contributed by atoms with Crippen molar-refractivity contribution >= 4 is 21.7 Å². The van der Waals surface area contributed by atoms with Crippen LogP contribution in [0.15, 0.2) is 29.2 Å². The van der Waals surface area contributed by atoms with Gasteiger partial charge in [-0.05, 0) is 18.1 Å². The van der Waals surface area contributed by atoms with E-state index < -0.39 is 26.8 Å². The first-order valence-corrected chi connectivity index (χ1v) is 7.60. The van der Waals surface area contributed by atoms with Crippen LogP contribution in [0.3, 0.4) is 0 Å². The maximum absolute atomic E-state index is 12.0. The Morgan fingerprint density at radius 2 is 1.86 bits per heavy atom. The van der Waals surface area contributed by atoms with E-state index in [-0.39, 0.29) is 23.0 Å². The van der Waals surface area contributed by atoms with Crippen LogP contribution in [0.5, 0.6) is 0 Å². The van der Waals surface area contributed by atoms with Crippen molar-refractivity contribution in [1.29, 1.82) is 0 Å². The first-order valence-electron chi connectivity index (χ1n) is 6.12. The SMILES string of the molecule is CC(C)C(CNS(=O)(=O)c1ccc([N+](=O)[O-])cc1)C(=O)O. The third-order valence-electron chi connectivity index (χ3n) is 2.97. The summed E-state index contributed by atoms with van der Waals surface area (Å²) in [6.45, 7) is 3.12. The minimum atomic E-state index is -3.90. The normalized spacial score (nSPS) is 13.1. The zero-order valence-electron chi connectivity index (χ0n) is 11.5. The van der Waals surface area contributed by atoms with Gasteiger partial charge in [0.05, 0.1) is 15.7 Å². The molecule has 0 aliphatic heterocycles. The molecule has 1 rings (SSSR count).